The molecule has 0 bridgehead atoms. The number of aliphatic hydroxyl groups is 1. The van der Waals surface area contributed by atoms with Crippen LogP contribution in [0.2, 0.25) is 0 Å². The quantitative estimate of drug-likeness (QED) is 0.853. The molecule has 4 heteroatoms. The molecule has 1 saturated carbocycles. The lowest BCUT2D eigenvalue weighted by Gasteiger charge is -2.22. The Balaban J connectivity index is 1.68. The molecule has 2 rings (SSSR count). The van der Waals surface area contributed by atoms with Crippen molar-refractivity contribution in [3.63, 3.8) is 0 Å². The molecular formula is C13H23N3O. The van der Waals surface area contributed by atoms with Gasteiger partial charge in [0.1, 0.15) is 0 Å². The number of hydrogen-bond acceptors (Lipinski definition) is 3. The van der Waals surface area contributed by atoms with Gasteiger partial charge in [-0.15, -0.1) is 5.10 Å². The molecule has 1 atom stereocenters. The van der Waals surface area contributed by atoms with E-state index in [-0.39, 0.29) is 6.10 Å². The Hall–Kier alpha value is -0.900. The second-order valence-electron chi connectivity index (χ2n) is 5.32. The average molecular weight is 237 g/mol. The average Bonchev–Trinajstić information content (AvgIpc) is 2.73. The predicted octanol–water partition coefficient (Wildman–Crippen LogP) is 2.08. The van der Waals surface area contributed by atoms with E-state index in [4.69, 9.17) is 0 Å². The molecule has 0 aromatic carbocycles. The number of aromatic nitrogens is 3. The predicted molar refractivity (Wildman–Crippen MR) is 66.5 cm³/mol. The zero-order valence-electron chi connectivity index (χ0n) is 10.7. The minimum Gasteiger partial charge on any atom is -0.393 e. The molecule has 96 valence electrons. The fraction of sp³-hybridized carbons (Fsp3) is 0.846. The Labute approximate surface area is 103 Å². The van der Waals surface area contributed by atoms with Crippen molar-refractivity contribution in [3.05, 3.63) is 11.9 Å². The highest BCUT2D eigenvalue weighted by molar-refractivity contribution is 4.94. The third kappa shape index (κ3) is 4.11. The lowest BCUT2D eigenvalue weighted by Crippen LogP contribution is -2.14. The van der Waals surface area contributed by atoms with E-state index in [1.807, 2.05) is 13.2 Å². The smallest absolute Gasteiger partial charge is 0.0852 e. The van der Waals surface area contributed by atoms with E-state index in [1.165, 1.54) is 38.5 Å². The van der Waals surface area contributed by atoms with Gasteiger partial charge >= 0.3 is 0 Å². The van der Waals surface area contributed by atoms with Crippen molar-refractivity contribution < 1.29 is 5.11 Å². The molecule has 17 heavy (non-hydrogen) atoms. The lowest BCUT2D eigenvalue weighted by atomic mass is 9.85. The molecule has 0 saturated heterocycles. The van der Waals surface area contributed by atoms with Crippen LogP contribution in [-0.2, 0) is 13.5 Å². The van der Waals surface area contributed by atoms with Gasteiger partial charge in [0.2, 0.25) is 0 Å². The van der Waals surface area contributed by atoms with Crippen LogP contribution in [0.3, 0.4) is 0 Å². The van der Waals surface area contributed by atoms with E-state index < -0.39 is 0 Å². The SMILES string of the molecule is Cn1cc(CC(O)CCC2CCCCC2)nn1. The number of nitrogens with zero attached hydrogens (tertiary/aromatic N) is 3. The van der Waals surface area contributed by atoms with Crippen molar-refractivity contribution in [2.75, 3.05) is 0 Å². The molecule has 1 aromatic rings. The van der Waals surface area contributed by atoms with Gasteiger partial charge in [-0.25, -0.2) is 0 Å². The lowest BCUT2D eigenvalue weighted by molar-refractivity contribution is 0.148. The van der Waals surface area contributed by atoms with Crippen molar-refractivity contribution in [1.29, 1.82) is 0 Å². The van der Waals surface area contributed by atoms with E-state index in [9.17, 15) is 5.11 Å². The van der Waals surface area contributed by atoms with Crippen molar-refractivity contribution in [3.8, 4) is 0 Å². The molecule has 1 heterocycles. The maximum absolute atomic E-state index is 9.97. The normalized spacial score (nSPS) is 19.4. The summed E-state index contributed by atoms with van der Waals surface area (Å²) in [5.74, 6) is 0.847. The van der Waals surface area contributed by atoms with Crippen LogP contribution in [0.5, 0.6) is 0 Å². The fourth-order valence-corrected chi connectivity index (χ4v) is 2.74. The van der Waals surface area contributed by atoms with Crippen molar-refractivity contribution >= 4 is 0 Å². The van der Waals surface area contributed by atoms with Crippen LogP contribution in [0.4, 0.5) is 0 Å². The molecule has 0 spiro atoms. The van der Waals surface area contributed by atoms with Crippen LogP contribution in [0.15, 0.2) is 6.20 Å². The van der Waals surface area contributed by atoms with Crippen LogP contribution in [0.25, 0.3) is 0 Å². The maximum Gasteiger partial charge on any atom is 0.0852 e. The number of hydrogen-bond donors (Lipinski definition) is 1. The largest absolute Gasteiger partial charge is 0.393 e. The van der Waals surface area contributed by atoms with Crippen LogP contribution in [0, 0.1) is 5.92 Å². The van der Waals surface area contributed by atoms with Gasteiger partial charge in [-0.1, -0.05) is 37.3 Å². The Kier molecular flexibility index (Phi) is 4.54. The molecule has 0 radical (unpaired) electrons. The van der Waals surface area contributed by atoms with Gasteiger partial charge in [0.15, 0.2) is 0 Å². The number of aliphatic hydroxyl groups excluding tert-OH is 1. The summed E-state index contributed by atoms with van der Waals surface area (Å²) in [6, 6.07) is 0. The Morgan fingerprint density at radius 3 is 2.82 bits per heavy atom. The van der Waals surface area contributed by atoms with Crippen LogP contribution < -0.4 is 0 Å². The van der Waals surface area contributed by atoms with Gasteiger partial charge in [-0.2, -0.15) is 0 Å². The second-order valence-corrected chi connectivity index (χ2v) is 5.32. The van der Waals surface area contributed by atoms with Crippen LogP contribution in [0.1, 0.15) is 50.6 Å². The first-order valence-electron chi connectivity index (χ1n) is 6.77. The topological polar surface area (TPSA) is 50.9 Å². The number of aryl methyl sites for hydroxylation is 1. The van der Waals surface area contributed by atoms with E-state index in [1.54, 1.807) is 4.68 Å². The third-order valence-corrected chi connectivity index (χ3v) is 3.73. The maximum atomic E-state index is 9.97. The molecule has 4 nitrogen and oxygen atoms in total. The molecule has 1 fully saturated rings. The zero-order chi connectivity index (χ0) is 12.1. The molecule has 1 N–H and O–H groups in total. The fourth-order valence-electron chi connectivity index (χ4n) is 2.74. The summed E-state index contributed by atoms with van der Waals surface area (Å²) in [4.78, 5) is 0. The summed E-state index contributed by atoms with van der Waals surface area (Å²) >= 11 is 0. The number of rotatable bonds is 5. The zero-order valence-corrected chi connectivity index (χ0v) is 10.7. The van der Waals surface area contributed by atoms with Gasteiger partial charge in [0.05, 0.1) is 11.8 Å². The van der Waals surface area contributed by atoms with Gasteiger partial charge in [0, 0.05) is 19.7 Å². The Bertz CT molecular complexity index is 331. The first-order chi connectivity index (χ1) is 8.24. The summed E-state index contributed by atoms with van der Waals surface area (Å²) in [5.41, 5.74) is 0.892. The standard InChI is InChI=1S/C13H23N3O/c1-16-10-12(14-15-16)9-13(17)8-7-11-5-3-2-4-6-11/h10-11,13,17H,2-9H2,1H3. The van der Waals surface area contributed by atoms with E-state index in [0.29, 0.717) is 6.42 Å². The molecule has 1 aromatic heterocycles. The van der Waals surface area contributed by atoms with E-state index >= 15 is 0 Å². The monoisotopic (exact) mass is 237 g/mol. The molecule has 1 aliphatic carbocycles. The van der Waals surface area contributed by atoms with Crippen LogP contribution in [-0.4, -0.2) is 26.2 Å². The highest BCUT2D eigenvalue weighted by Gasteiger charge is 2.16. The summed E-state index contributed by atoms with van der Waals surface area (Å²) in [6.07, 6.45) is 11.2. The van der Waals surface area contributed by atoms with Crippen molar-refractivity contribution in [2.45, 2.75) is 57.5 Å². The van der Waals surface area contributed by atoms with Gasteiger partial charge < -0.3 is 5.11 Å². The van der Waals surface area contributed by atoms with Crippen molar-refractivity contribution in [1.82, 2.24) is 15.0 Å². The second kappa shape index (κ2) is 6.15. The molecule has 0 aliphatic heterocycles. The minimum atomic E-state index is -0.256. The van der Waals surface area contributed by atoms with Gasteiger partial charge in [-0.05, 0) is 18.8 Å². The Morgan fingerprint density at radius 1 is 1.41 bits per heavy atom. The molecule has 0 amide bonds. The minimum absolute atomic E-state index is 0.256. The summed E-state index contributed by atoms with van der Waals surface area (Å²) in [6.45, 7) is 0. The Morgan fingerprint density at radius 2 is 2.18 bits per heavy atom. The third-order valence-electron chi connectivity index (χ3n) is 3.73. The first kappa shape index (κ1) is 12.6. The first-order valence-corrected chi connectivity index (χ1v) is 6.77. The highest BCUT2D eigenvalue weighted by Crippen LogP contribution is 2.27. The highest BCUT2D eigenvalue weighted by atomic mass is 16.3. The van der Waals surface area contributed by atoms with Crippen LogP contribution >= 0.6 is 0 Å². The summed E-state index contributed by atoms with van der Waals surface area (Å²) < 4.78 is 1.68. The molecule has 1 aliphatic rings. The molecular weight excluding hydrogens is 214 g/mol. The van der Waals surface area contributed by atoms with E-state index in [0.717, 1.165) is 18.0 Å². The van der Waals surface area contributed by atoms with Gasteiger partial charge in [-0.3, -0.25) is 4.68 Å². The summed E-state index contributed by atoms with van der Waals surface area (Å²) in [7, 11) is 1.85. The molecule has 1 unspecified atom stereocenters. The van der Waals surface area contributed by atoms with Gasteiger partial charge in [0.25, 0.3) is 0 Å². The van der Waals surface area contributed by atoms with E-state index in [2.05, 4.69) is 10.3 Å². The summed E-state index contributed by atoms with van der Waals surface area (Å²) in [5, 5.41) is 17.8. The van der Waals surface area contributed by atoms with Crippen molar-refractivity contribution in [2.24, 2.45) is 13.0 Å².